The van der Waals surface area contributed by atoms with Crippen LogP contribution in [0.4, 0.5) is 5.82 Å². The van der Waals surface area contributed by atoms with Crippen LogP contribution in [0.3, 0.4) is 0 Å². The lowest BCUT2D eigenvalue weighted by Crippen LogP contribution is -2.18. The van der Waals surface area contributed by atoms with Crippen molar-refractivity contribution in [3.63, 3.8) is 0 Å². The van der Waals surface area contributed by atoms with Gasteiger partial charge in [0, 0.05) is 9.92 Å². The quantitative estimate of drug-likeness (QED) is 0.769. The topological polar surface area (TPSA) is 101 Å². The van der Waals surface area contributed by atoms with E-state index in [1.807, 2.05) is 18.2 Å². The lowest BCUT2D eigenvalue weighted by atomic mass is 10.0. The summed E-state index contributed by atoms with van der Waals surface area (Å²) in [5.41, 5.74) is 6.85. The highest BCUT2D eigenvalue weighted by Gasteiger charge is 2.25. The molecule has 7 heteroatoms. The lowest BCUT2D eigenvalue weighted by Gasteiger charge is -2.08. The number of benzene rings is 1. The van der Waals surface area contributed by atoms with Crippen molar-refractivity contribution in [2.24, 2.45) is 0 Å². The van der Waals surface area contributed by atoms with Crippen LogP contribution in [0.25, 0.3) is 11.3 Å². The van der Waals surface area contributed by atoms with E-state index in [2.05, 4.69) is 11.1 Å². The summed E-state index contributed by atoms with van der Waals surface area (Å²) in [4.78, 5) is 3.81. The van der Waals surface area contributed by atoms with Crippen LogP contribution < -0.4 is 10.7 Å². The maximum atomic E-state index is 9.63. The Morgan fingerprint density at radius 3 is 2.38 bits per heavy atom. The number of pyridine rings is 1. The number of hydrogen-bond donors (Lipinski definition) is 1. The Bertz CT molecular complexity index is 970. The molecule has 0 atom stereocenters. The van der Waals surface area contributed by atoms with Crippen molar-refractivity contribution < 1.29 is 9.40 Å². The highest BCUT2D eigenvalue weighted by molar-refractivity contribution is 7.99. The molecule has 0 bridgehead atoms. The smallest absolute Gasteiger partial charge is 0.290 e. The third-order valence-corrected chi connectivity index (χ3v) is 4.54. The molecule has 0 spiro atoms. The number of nitrogens with two attached hydrogens (primary N) is 1. The van der Waals surface area contributed by atoms with E-state index in [1.54, 1.807) is 24.3 Å². The second-order valence-corrected chi connectivity index (χ2v) is 6.27. The van der Waals surface area contributed by atoms with Gasteiger partial charge < -0.3 is 4.42 Å². The minimum Gasteiger partial charge on any atom is -0.464 e. The van der Waals surface area contributed by atoms with Crippen molar-refractivity contribution in [3.05, 3.63) is 58.8 Å². The van der Waals surface area contributed by atoms with Crippen LogP contribution in [-0.2, 0) is 0 Å². The van der Waals surface area contributed by atoms with Gasteiger partial charge in [0.05, 0.1) is 11.8 Å². The number of nitriles is 2. The molecule has 3 N–H and O–H groups in total. The number of rotatable bonds is 3. The molecular weight excluding hydrogens is 344 g/mol. The van der Waals surface area contributed by atoms with Crippen LogP contribution in [-0.4, -0.2) is 0 Å². The number of nitrogen functional groups attached to an aromatic ring is 1. The van der Waals surface area contributed by atoms with E-state index in [0.29, 0.717) is 26.9 Å². The second kappa shape index (κ2) is 6.67. The number of H-pyrrole nitrogens is 1. The molecular formula is C17H10ClN4OS+. The van der Waals surface area contributed by atoms with Gasteiger partial charge in [0.2, 0.25) is 0 Å². The maximum absolute atomic E-state index is 9.63. The Morgan fingerprint density at radius 2 is 1.79 bits per heavy atom. The molecule has 0 aliphatic rings. The fraction of sp³-hybridized carbons (Fsp3) is 0. The van der Waals surface area contributed by atoms with Gasteiger partial charge in [0.15, 0.2) is 10.6 Å². The molecule has 0 fully saturated rings. The highest BCUT2D eigenvalue weighted by atomic mass is 35.5. The summed E-state index contributed by atoms with van der Waals surface area (Å²) in [5, 5.41) is 20.2. The molecule has 24 heavy (non-hydrogen) atoms. The summed E-state index contributed by atoms with van der Waals surface area (Å²) in [6.45, 7) is 0. The Hall–Kier alpha value is -2.93. The first-order chi connectivity index (χ1) is 11.6. The van der Waals surface area contributed by atoms with E-state index in [1.165, 1.54) is 18.0 Å². The fourth-order valence-corrected chi connectivity index (χ4v) is 3.25. The monoisotopic (exact) mass is 353 g/mol. The number of hydrogen-bond acceptors (Lipinski definition) is 5. The van der Waals surface area contributed by atoms with Crippen molar-refractivity contribution in [2.45, 2.75) is 9.92 Å². The first kappa shape index (κ1) is 15.9. The molecule has 2 aromatic heterocycles. The number of aromatic nitrogens is 1. The molecule has 0 amide bonds. The van der Waals surface area contributed by atoms with Gasteiger partial charge in [0.25, 0.3) is 5.82 Å². The minimum absolute atomic E-state index is 0.180. The third kappa shape index (κ3) is 2.93. The molecule has 0 radical (unpaired) electrons. The van der Waals surface area contributed by atoms with Crippen LogP contribution in [0.2, 0.25) is 5.02 Å². The fourth-order valence-electron chi connectivity index (χ4n) is 2.21. The zero-order chi connectivity index (χ0) is 17.1. The number of furan rings is 1. The van der Waals surface area contributed by atoms with Crippen molar-refractivity contribution >= 4 is 29.2 Å². The van der Waals surface area contributed by atoms with Crippen LogP contribution in [0.5, 0.6) is 0 Å². The average molecular weight is 354 g/mol. The van der Waals surface area contributed by atoms with E-state index in [9.17, 15) is 10.5 Å². The lowest BCUT2D eigenvalue weighted by molar-refractivity contribution is -0.410. The Morgan fingerprint density at radius 1 is 1.08 bits per heavy atom. The summed E-state index contributed by atoms with van der Waals surface area (Å²) in [5.74, 6) is 0.598. The first-order valence-electron chi connectivity index (χ1n) is 6.80. The zero-order valence-electron chi connectivity index (χ0n) is 12.2. The molecule has 0 aliphatic carbocycles. The minimum atomic E-state index is 0.180. The average Bonchev–Trinajstić information content (AvgIpc) is 3.10. The molecule has 0 saturated carbocycles. The van der Waals surface area contributed by atoms with Gasteiger partial charge in [-0.3, -0.25) is 5.73 Å². The summed E-state index contributed by atoms with van der Waals surface area (Å²) >= 11 is 7.22. The Balaban J connectivity index is 2.19. The number of halogens is 1. The number of nitrogens with zero attached hydrogens (tertiary/aromatic N) is 2. The Kier molecular flexibility index (Phi) is 4.43. The first-order valence-corrected chi connectivity index (χ1v) is 7.99. The molecule has 0 unspecified atom stereocenters. The molecule has 2 heterocycles. The molecule has 5 nitrogen and oxygen atoms in total. The van der Waals surface area contributed by atoms with Crippen LogP contribution >= 0.6 is 23.4 Å². The van der Waals surface area contributed by atoms with Crippen molar-refractivity contribution in [3.8, 4) is 23.5 Å². The van der Waals surface area contributed by atoms with E-state index in [-0.39, 0.29) is 11.4 Å². The summed E-state index contributed by atoms with van der Waals surface area (Å²) < 4.78 is 5.38. The number of aromatic amines is 1. The predicted molar refractivity (Wildman–Crippen MR) is 90.1 cm³/mol. The van der Waals surface area contributed by atoms with E-state index >= 15 is 0 Å². The predicted octanol–water partition coefficient (Wildman–Crippen LogP) is 3.89. The summed E-state index contributed by atoms with van der Waals surface area (Å²) in [6.07, 6.45) is 1.48. The van der Waals surface area contributed by atoms with Gasteiger partial charge in [-0.2, -0.15) is 10.5 Å². The van der Waals surface area contributed by atoms with Gasteiger partial charge >= 0.3 is 0 Å². The number of anilines is 1. The van der Waals surface area contributed by atoms with E-state index in [0.717, 1.165) is 4.90 Å². The van der Waals surface area contributed by atoms with Gasteiger partial charge in [-0.1, -0.05) is 11.6 Å². The molecule has 0 aliphatic heterocycles. The number of nitrogens with one attached hydrogen (secondary N) is 1. The van der Waals surface area contributed by atoms with Crippen molar-refractivity contribution in [2.75, 3.05) is 5.73 Å². The van der Waals surface area contributed by atoms with Gasteiger partial charge in [-0.25, -0.2) is 4.98 Å². The van der Waals surface area contributed by atoms with Crippen molar-refractivity contribution in [1.29, 1.82) is 10.5 Å². The molecule has 3 rings (SSSR count). The summed E-state index contributed by atoms with van der Waals surface area (Å²) in [6, 6.07) is 14.7. The van der Waals surface area contributed by atoms with Gasteiger partial charge in [0.1, 0.15) is 23.5 Å². The van der Waals surface area contributed by atoms with Crippen LogP contribution in [0.15, 0.2) is 57.0 Å². The zero-order valence-corrected chi connectivity index (χ0v) is 13.8. The second-order valence-electron chi connectivity index (χ2n) is 4.75. The highest BCUT2D eigenvalue weighted by Crippen LogP contribution is 2.36. The molecule has 1 aromatic carbocycles. The van der Waals surface area contributed by atoms with E-state index in [4.69, 9.17) is 21.8 Å². The SMILES string of the molecule is N#Cc1c(N)[nH+]c(Sc2ccc(Cl)cc2)c(C#N)c1-c1ccco1. The van der Waals surface area contributed by atoms with Gasteiger partial charge in [-0.15, -0.1) is 0 Å². The van der Waals surface area contributed by atoms with Crippen molar-refractivity contribution in [1.82, 2.24) is 0 Å². The van der Waals surface area contributed by atoms with Crippen LogP contribution in [0.1, 0.15) is 11.1 Å². The summed E-state index contributed by atoms with van der Waals surface area (Å²) in [7, 11) is 0. The maximum Gasteiger partial charge on any atom is 0.290 e. The van der Waals surface area contributed by atoms with Crippen LogP contribution in [0, 0.1) is 22.7 Å². The van der Waals surface area contributed by atoms with E-state index < -0.39 is 0 Å². The Labute approximate surface area is 147 Å². The molecule has 3 aromatic rings. The molecule has 0 saturated heterocycles. The third-order valence-electron chi connectivity index (χ3n) is 3.27. The standard InChI is InChI=1S/C17H9ClN4OS/c18-10-3-5-11(6-4-10)24-17-13(9-20)15(14-2-1-7-23-14)12(8-19)16(21)22-17/h1-7H,(H2,21,22)/p+1. The largest absolute Gasteiger partial charge is 0.464 e. The molecule has 116 valence electrons. The van der Waals surface area contributed by atoms with Gasteiger partial charge in [-0.05, 0) is 48.2 Å². The normalized spacial score (nSPS) is 10.1.